The van der Waals surface area contributed by atoms with Gasteiger partial charge >= 0.3 is 0 Å². The number of nitrogens with one attached hydrogen (secondary N) is 1. The maximum atomic E-state index is 8.62. The minimum Gasteiger partial charge on any atom is -0.489 e. The van der Waals surface area contributed by atoms with Gasteiger partial charge in [-0.1, -0.05) is 29.3 Å². The van der Waals surface area contributed by atoms with E-state index in [1.54, 1.807) is 24.4 Å². The molecule has 2 N–H and O–H groups in total. The van der Waals surface area contributed by atoms with Crippen LogP contribution in [-0.4, -0.2) is 24.5 Å². The van der Waals surface area contributed by atoms with Crippen LogP contribution in [0, 0.1) is 0 Å². The fourth-order valence-electron chi connectivity index (χ4n) is 1.71. The fraction of sp³-hybridized carbons (Fsp3) is 0.188. The Morgan fingerprint density at radius 3 is 2.41 bits per heavy atom. The molecule has 2 aromatic rings. The van der Waals surface area contributed by atoms with Gasteiger partial charge in [0.25, 0.3) is 0 Å². The predicted octanol–water partition coefficient (Wildman–Crippen LogP) is 3.49. The van der Waals surface area contributed by atoms with E-state index >= 15 is 0 Å². The van der Waals surface area contributed by atoms with Crippen LogP contribution in [0.15, 0.2) is 47.6 Å². The van der Waals surface area contributed by atoms with Gasteiger partial charge in [0.15, 0.2) is 0 Å². The van der Waals surface area contributed by atoms with Gasteiger partial charge in [-0.3, -0.25) is 0 Å². The Kier molecular flexibility index (Phi) is 6.52. The van der Waals surface area contributed by atoms with E-state index in [-0.39, 0.29) is 6.61 Å². The lowest BCUT2D eigenvalue weighted by Crippen LogP contribution is -2.11. The van der Waals surface area contributed by atoms with Gasteiger partial charge in [0.1, 0.15) is 12.4 Å². The molecular formula is C16H16Cl2N2O2. The van der Waals surface area contributed by atoms with E-state index in [0.29, 0.717) is 23.2 Å². The summed E-state index contributed by atoms with van der Waals surface area (Å²) in [6, 6.07) is 12.8. The van der Waals surface area contributed by atoms with E-state index in [0.717, 1.165) is 16.9 Å². The lowest BCUT2D eigenvalue weighted by molar-refractivity contribution is 0.294. The van der Waals surface area contributed by atoms with Crippen molar-refractivity contribution in [2.45, 2.75) is 6.61 Å². The van der Waals surface area contributed by atoms with Crippen LogP contribution in [0.25, 0.3) is 0 Å². The van der Waals surface area contributed by atoms with Gasteiger partial charge in [-0.2, -0.15) is 5.10 Å². The third-order valence-electron chi connectivity index (χ3n) is 2.85. The molecule has 0 heterocycles. The summed E-state index contributed by atoms with van der Waals surface area (Å²) in [6.07, 6.45) is 1.67. The highest BCUT2D eigenvalue weighted by Gasteiger charge is 2.06. The van der Waals surface area contributed by atoms with E-state index in [9.17, 15) is 0 Å². The molecule has 2 rings (SSSR count). The Hall–Kier alpha value is -1.75. The second-order valence-electron chi connectivity index (χ2n) is 4.45. The van der Waals surface area contributed by atoms with E-state index in [2.05, 4.69) is 10.5 Å². The minimum atomic E-state index is 0.0503. The monoisotopic (exact) mass is 338 g/mol. The van der Waals surface area contributed by atoms with Gasteiger partial charge in [0.05, 0.1) is 19.4 Å². The number of aliphatic hydroxyl groups is 1. The molecule has 0 bridgehead atoms. The number of halogens is 2. The summed E-state index contributed by atoms with van der Waals surface area (Å²) in [6.45, 7) is 0.787. The zero-order valence-electron chi connectivity index (χ0n) is 11.8. The average molecular weight is 339 g/mol. The van der Waals surface area contributed by atoms with Crippen molar-refractivity contribution in [1.82, 2.24) is 5.43 Å². The Labute approximate surface area is 139 Å². The molecule has 0 saturated heterocycles. The Morgan fingerprint density at radius 1 is 1.09 bits per heavy atom. The lowest BCUT2D eigenvalue weighted by Gasteiger charge is -2.09. The third-order valence-corrected chi connectivity index (χ3v) is 3.56. The van der Waals surface area contributed by atoms with Crippen molar-refractivity contribution in [2.75, 3.05) is 13.2 Å². The van der Waals surface area contributed by atoms with E-state index in [1.165, 1.54) is 0 Å². The normalized spacial score (nSPS) is 10.9. The quantitative estimate of drug-likeness (QED) is 0.461. The summed E-state index contributed by atoms with van der Waals surface area (Å²) >= 11 is 12.2. The zero-order chi connectivity index (χ0) is 15.8. The molecule has 116 valence electrons. The first-order chi connectivity index (χ1) is 10.7. The van der Waals surface area contributed by atoms with Crippen LogP contribution < -0.4 is 10.2 Å². The first kappa shape index (κ1) is 16.6. The molecule has 0 spiro atoms. The molecule has 0 aliphatic heterocycles. The van der Waals surface area contributed by atoms with E-state index < -0.39 is 0 Å². The summed E-state index contributed by atoms with van der Waals surface area (Å²) in [4.78, 5) is 0. The molecule has 0 saturated carbocycles. The molecule has 4 nitrogen and oxygen atoms in total. The largest absolute Gasteiger partial charge is 0.489 e. The van der Waals surface area contributed by atoms with Crippen molar-refractivity contribution >= 4 is 29.4 Å². The first-order valence-corrected chi connectivity index (χ1v) is 7.49. The fourth-order valence-corrected chi connectivity index (χ4v) is 2.22. The van der Waals surface area contributed by atoms with Gasteiger partial charge in [0.2, 0.25) is 0 Å². The lowest BCUT2D eigenvalue weighted by atomic mass is 10.2. The molecule has 0 aromatic heterocycles. The maximum absolute atomic E-state index is 8.62. The topological polar surface area (TPSA) is 53.8 Å². The molecule has 0 radical (unpaired) electrons. The summed E-state index contributed by atoms with van der Waals surface area (Å²) in [5.41, 5.74) is 4.41. The van der Waals surface area contributed by atoms with E-state index in [1.807, 2.05) is 24.3 Å². The van der Waals surface area contributed by atoms with Crippen LogP contribution in [0.2, 0.25) is 10.0 Å². The van der Waals surface area contributed by atoms with Crippen molar-refractivity contribution in [3.63, 3.8) is 0 Å². The van der Waals surface area contributed by atoms with Crippen LogP contribution in [-0.2, 0) is 6.61 Å². The van der Waals surface area contributed by atoms with Crippen molar-refractivity contribution in [3.8, 4) is 5.75 Å². The van der Waals surface area contributed by atoms with Crippen LogP contribution in [0.4, 0.5) is 0 Å². The van der Waals surface area contributed by atoms with Crippen molar-refractivity contribution in [2.24, 2.45) is 5.10 Å². The Balaban J connectivity index is 1.93. The highest BCUT2D eigenvalue weighted by Crippen LogP contribution is 2.25. The number of ether oxygens (including phenoxy) is 1. The highest BCUT2D eigenvalue weighted by molar-refractivity contribution is 6.35. The van der Waals surface area contributed by atoms with Gasteiger partial charge in [-0.15, -0.1) is 0 Å². The number of benzene rings is 2. The highest BCUT2D eigenvalue weighted by atomic mass is 35.5. The third kappa shape index (κ3) is 4.91. The van der Waals surface area contributed by atoms with Crippen LogP contribution >= 0.6 is 23.2 Å². The predicted molar refractivity (Wildman–Crippen MR) is 89.9 cm³/mol. The number of rotatable bonds is 7. The molecule has 2 aromatic carbocycles. The van der Waals surface area contributed by atoms with Crippen molar-refractivity contribution < 1.29 is 9.84 Å². The number of hydrazone groups is 1. The molecule has 0 unspecified atom stereocenters. The number of hydrogen-bond donors (Lipinski definition) is 2. The molecule has 6 heteroatoms. The molecular weight excluding hydrogens is 323 g/mol. The Bertz CT molecular complexity index is 610. The molecule has 0 aliphatic rings. The molecule has 22 heavy (non-hydrogen) atoms. The number of aliphatic hydroxyl groups excluding tert-OH is 1. The number of nitrogens with zero attached hydrogens (tertiary/aromatic N) is 1. The molecule has 0 atom stereocenters. The SMILES string of the molecule is OCCNN=Cc1ccc(OCc2c(Cl)cccc2Cl)cc1. The Morgan fingerprint density at radius 2 is 1.77 bits per heavy atom. The first-order valence-electron chi connectivity index (χ1n) is 6.73. The second kappa shape index (κ2) is 8.63. The summed E-state index contributed by atoms with van der Waals surface area (Å²) < 4.78 is 5.69. The van der Waals surface area contributed by atoms with Crippen LogP contribution in [0.5, 0.6) is 5.75 Å². The molecule has 0 fully saturated rings. The van der Waals surface area contributed by atoms with Gasteiger partial charge in [-0.05, 0) is 42.0 Å². The second-order valence-corrected chi connectivity index (χ2v) is 5.26. The summed E-state index contributed by atoms with van der Waals surface area (Å²) in [5.74, 6) is 0.719. The van der Waals surface area contributed by atoms with Gasteiger partial charge < -0.3 is 15.3 Å². The average Bonchev–Trinajstić information content (AvgIpc) is 2.52. The van der Waals surface area contributed by atoms with Crippen LogP contribution in [0.1, 0.15) is 11.1 Å². The number of hydrogen-bond acceptors (Lipinski definition) is 4. The smallest absolute Gasteiger partial charge is 0.119 e. The van der Waals surface area contributed by atoms with Crippen LogP contribution in [0.3, 0.4) is 0 Å². The van der Waals surface area contributed by atoms with Crippen molar-refractivity contribution in [3.05, 3.63) is 63.6 Å². The molecule has 0 aliphatic carbocycles. The standard InChI is InChI=1S/C16H16Cl2N2O2/c17-15-2-1-3-16(18)14(15)11-22-13-6-4-12(5-7-13)10-20-19-8-9-21/h1-7,10,19,21H,8-9,11H2. The minimum absolute atomic E-state index is 0.0503. The van der Waals surface area contributed by atoms with Crippen molar-refractivity contribution in [1.29, 1.82) is 0 Å². The van der Waals surface area contributed by atoms with Gasteiger partial charge in [-0.25, -0.2) is 0 Å². The summed E-state index contributed by atoms with van der Waals surface area (Å²) in [7, 11) is 0. The maximum Gasteiger partial charge on any atom is 0.119 e. The van der Waals surface area contributed by atoms with Gasteiger partial charge in [0, 0.05) is 15.6 Å². The molecule has 0 amide bonds. The summed E-state index contributed by atoms with van der Waals surface area (Å²) in [5, 5.41) is 13.8. The van der Waals surface area contributed by atoms with E-state index in [4.69, 9.17) is 33.0 Å². The zero-order valence-corrected chi connectivity index (χ0v) is 13.3.